The normalized spacial score (nSPS) is 10.6. The number of carbonyl (C=O) groups is 1. The summed E-state index contributed by atoms with van der Waals surface area (Å²) in [5, 5.41) is 18.3. The molecular formula is C10H10N2O3S2. The van der Waals surface area contributed by atoms with Crippen LogP contribution in [0, 0.1) is 0 Å². The number of nitrogens with zero attached hydrogens (tertiary/aromatic N) is 2. The number of thiophene rings is 1. The van der Waals surface area contributed by atoms with Crippen LogP contribution >= 0.6 is 23.1 Å². The van der Waals surface area contributed by atoms with Gasteiger partial charge in [-0.05, 0) is 6.07 Å². The van der Waals surface area contributed by atoms with Gasteiger partial charge in [0, 0.05) is 16.7 Å². The zero-order valence-corrected chi connectivity index (χ0v) is 10.7. The molecule has 7 heteroatoms. The van der Waals surface area contributed by atoms with Crippen LogP contribution in [0.5, 0.6) is 0 Å². The van der Waals surface area contributed by atoms with E-state index in [2.05, 4.69) is 10.2 Å². The number of rotatable bonds is 5. The van der Waals surface area contributed by atoms with Crippen molar-refractivity contribution in [2.24, 2.45) is 0 Å². The standard InChI is InChI=1S/C10H10N2O3S2/c1-2-8-11-12-9(15-8)5-16-6-3-7(10(13)14)17-4-6/h3-4H,2,5H2,1H3,(H,13,14). The monoisotopic (exact) mass is 270 g/mol. The van der Waals surface area contributed by atoms with Crippen molar-refractivity contribution >= 4 is 29.1 Å². The highest BCUT2D eigenvalue weighted by molar-refractivity contribution is 7.98. The van der Waals surface area contributed by atoms with E-state index in [4.69, 9.17) is 9.52 Å². The minimum Gasteiger partial charge on any atom is -0.477 e. The van der Waals surface area contributed by atoms with Crippen LogP contribution in [0.15, 0.2) is 20.8 Å². The van der Waals surface area contributed by atoms with E-state index in [1.54, 1.807) is 6.07 Å². The first-order valence-corrected chi connectivity index (χ1v) is 6.81. The highest BCUT2D eigenvalue weighted by Gasteiger charge is 2.09. The van der Waals surface area contributed by atoms with Crippen molar-refractivity contribution in [2.75, 3.05) is 0 Å². The van der Waals surface area contributed by atoms with Gasteiger partial charge in [-0.15, -0.1) is 33.3 Å². The molecule has 0 atom stereocenters. The number of aromatic nitrogens is 2. The first-order chi connectivity index (χ1) is 8.19. The minimum absolute atomic E-state index is 0.340. The Hall–Kier alpha value is -1.34. The first kappa shape index (κ1) is 12.1. The molecule has 90 valence electrons. The minimum atomic E-state index is -0.895. The number of thioether (sulfide) groups is 1. The fraction of sp³-hybridized carbons (Fsp3) is 0.300. The molecule has 17 heavy (non-hydrogen) atoms. The lowest BCUT2D eigenvalue weighted by Gasteiger charge is -1.92. The highest BCUT2D eigenvalue weighted by atomic mass is 32.2. The maximum Gasteiger partial charge on any atom is 0.345 e. The van der Waals surface area contributed by atoms with Crippen molar-refractivity contribution in [3.63, 3.8) is 0 Å². The molecule has 5 nitrogen and oxygen atoms in total. The fourth-order valence-corrected chi connectivity index (χ4v) is 2.85. The van der Waals surface area contributed by atoms with Crippen molar-refractivity contribution in [2.45, 2.75) is 24.0 Å². The summed E-state index contributed by atoms with van der Waals surface area (Å²) < 4.78 is 5.35. The van der Waals surface area contributed by atoms with Gasteiger partial charge in [0.25, 0.3) is 0 Å². The molecule has 0 fully saturated rings. The Kier molecular flexibility index (Phi) is 3.80. The van der Waals surface area contributed by atoms with E-state index in [0.717, 1.165) is 11.3 Å². The van der Waals surface area contributed by atoms with Gasteiger partial charge < -0.3 is 9.52 Å². The Morgan fingerprint density at radius 2 is 2.29 bits per heavy atom. The van der Waals surface area contributed by atoms with E-state index in [9.17, 15) is 4.79 Å². The Bertz CT molecular complexity index is 521. The third kappa shape index (κ3) is 3.07. The number of hydrogen-bond donors (Lipinski definition) is 1. The molecular weight excluding hydrogens is 260 g/mol. The maximum atomic E-state index is 10.7. The lowest BCUT2D eigenvalue weighted by molar-refractivity contribution is 0.0702. The van der Waals surface area contributed by atoms with Crippen LogP contribution in [-0.2, 0) is 12.2 Å². The molecule has 0 saturated heterocycles. The second-order valence-corrected chi connectivity index (χ2v) is 5.14. The van der Waals surface area contributed by atoms with Gasteiger partial charge in [0.1, 0.15) is 4.88 Å². The summed E-state index contributed by atoms with van der Waals surface area (Å²) in [4.78, 5) is 11.9. The molecule has 2 aromatic rings. The molecule has 0 aliphatic carbocycles. The molecule has 2 rings (SSSR count). The summed E-state index contributed by atoms with van der Waals surface area (Å²) in [5.74, 6) is 0.850. The van der Waals surface area contributed by atoms with Gasteiger partial charge in [0.05, 0.1) is 5.75 Å². The largest absolute Gasteiger partial charge is 0.477 e. The molecule has 0 aliphatic rings. The molecule has 2 heterocycles. The summed E-state index contributed by atoms with van der Waals surface area (Å²) >= 11 is 2.70. The maximum absolute atomic E-state index is 10.7. The van der Waals surface area contributed by atoms with Gasteiger partial charge in [0.15, 0.2) is 0 Å². The van der Waals surface area contributed by atoms with Gasteiger partial charge in [-0.25, -0.2) is 4.79 Å². The number of hydrogen-bond acceptors (Lipinski definition) is 6. The van der Waals surface area contributed by atoms with Crippen molar-refractivity contribution in [3.05, 3.63) is 28.1 Å². The predicted molar refractivity (Wildman–Crippen MR) is 64.5 cm³/mol. The van der Waals surface area contributed by atoms with E-state index in [-0.39, 0.29) is 0 Å². The molecule has 0 saturated carbocycles. The van der Waals surface area contributed by atoms with Crippen LogP contribution in [-0.4, -0.2) is 21.3 Å². The highest BCUT2D eigenvalue weighted by Crippen LogP contribution is 2.27. The van der Waals surface area contributed by atoms with Crippen molar-refractivity contribution in [1.82, 2.24) is 10.2 Å². The zero-order valence-electron chi connectivity index (χ0n) is 9.04. The summed E-state index contributed by atoms with van der Waals surface area (Å²) in [5.41, 5.74) is 0. The summed E-state index contributed by atoms with van der Waals surface area (Å²) in [6, 6.07) is 1.65. The van der Waals surface area contributed by atoms with Gasteiger partial charge in [-0.3, -0.25) is 0 Å². The SMILES string of the molecule is CCc1nnc(CSc2csc(C(=O)O)c2)o1. The third-order valence-corrected chi connectivity index (χ3v) is 3.99. The lowest BCUT2D eigenvalue weighted by Crippen LogP contribution is -1.89. The van der Waals surface area contributed by atoms with E-state index in [1.807, 2.05) is 12.3 Å². The Morgan fingerprint density at radius 1 is 1.53 bits per heavy atom. The van der Waals surface area contributed by atoms with Crippen molar-refractivity contribution in [1.29, 1.82) is 0 Å². The number of carboxylic acids is 1. The summed E-state index contributed by atoms with van der Waals surface area (Å²) in [6.07, 6.45) is 0.722. The molecule has 0 amide bonds. The van der Waals surface area contributed by atoms with Crippen LogP contribution in [0.2, 0.25) is 0 Å². The van der Waals surface area contributed by atoms with Crippen LogP contribution in [0.1, 0.15) is 28.4 Å². The predicted octanol–water partition coefficient (Wildman–Crippen LogP) is 2.68. The van der Waals surface area contributed by atoms with E-state index in [1.165, 1.54) is 23.1 Å². The van der Waals surface area contributed by atoms with E-state index >= 15 is 0 Å². The van der Waals surface area contributed by atoms with Crippen LogP contribution in [0.4, 0.5) is 0 Å². The average Bonchev–Trinajstić information content (AvgIpc) is 2.95. The molecule has 0 bridgehead atoms. The van der Waals surface area contributed by atoms with Gasteiger partial charge in [0.2, 0.25) is 11.8 Å². The van der Waals surface area contributed by atoms with Gasteiger partial charge in [-0.1, -0.05) is 6.92 Å². The van der Waals surface area contributed by atoms with Crippen LogP contribution < -0.4 is 0 Å². The van der Waals surface area contributed by atoms with Crippen LogP contribution in [0.3, 0.4) is 0 Å². The molecule has 0 aromatic carbocycles. The summed E-state index contributed by atoms with van der Waals surface area (Å²) in [6.45, 7) is 1.95. The zero-order chi connectivity index (χ0) is 12.3. The smallest absolute Gasteiger partial charge is 0.345 e. The average molecular weight is 270 g/mol. The van der Waals surface area contributed by atoms with Gasteiger partial charge in [-0.2, -0.15) is 0 Å². The Balaban J connectivity index is 1.94. The van der Waals surface area contributed by atoms with E-state index in [0.29, 0.717) is 22.4 Å². The Labute approximate surface area is 106 Å². The molecule has 2 aromatic heterocycles. The fourth-order valence-electron chi connectivity index (χ4n) is 1.14. The van der Waals surface area contributed by atoms with Crippen molar-refractivity contribution in [3.8, 4) is 0 Å². The quantitative estimate of drug-likeness (QED) is 0.842. The molecule has 0 radical (unpaired) electrons. The second-order valence-electron chi connectivity index (χ2n) is 3.18. The topological polar surface area (TPSA) is 76.2 Å². The number of aryl methyl sites for hydroxylation is 1. The molecule has 0 aliphatic heterocycles. The van der Waals surface area contributed by atoms with E-state index < -0.39 is 5.97 Å². The third-order valence-electron chi connectivity index (χ3n) is 1.96. The molecule has 0 unspecified atom stereocenters. The summed E-state index contributed by atoms with van der Waals surface area (Å²) in [7, 11) is 0. The Morgan fingerprint density at radius 3 is 2.88 bits per heavy atom. The number of carboxylic acid groups (broad SMARTS) is 1. The van der Waals surface area contributed by atoms with Crippen LogP contribution in [0.25, 0.3) is 0 Å². The second kappa shape index (κ2) is 5.33. The lowest BCUT2D eigenvalue weighted by atomic mass is 10.5. The molecule has 0 spiro atoms. The van der Waals surface area contributed by atoms with Crippen molar-refractivity contribution < 1.29 is 14.3 Å². The molecule has 1 N–H and O–H groups in total. The first-order valence-electron chi connectivity index (χ1n) is 4.95. The number of aromatic carboxylic acids is 1. The van der Waals surface area contributed by atoms with Gasteiger partial charge >= 0.3 is 5.97 Å².